The lowest BCUT2D eigenvalue weighted by Gasteiger charge is -2.00. The molecule has 0 amide bonds. The van der Waals surface area contributed by atoms with E-state index in [-0.39, 0.29) is 0 Å². The van der Waals surface area contributed by atoms with Crippen LogP contribution in [0.15, 0.2) is 22.7 Å². The third-order valence-electron chi connectivity index (χ3n) is 2.46. The summed E-state index contributed by atoms with van der Waals surface area (Å²) in [4.78, 5) is 0. The monoisotopic (exact) mass is 311 g/mol. The molecule has 0 aliphatic carbocycles. The van der Waals surface area contributed by atoms with Crippen LogP contribution >= 0.6 is 27.3 Å². The van der Waals surface area contributed by atoms with Crippen molar-refractivity contribution >= 4 is 27.3 Å². The Labute approximate surface area is 113 Å². The Morgan fingerprint density at radius 1 is 1.35 bits per heavy atom. The number of hydrogen-bond donors (Lipinski definition) is 1. The first-order valence-corrected chi connectivity index (χ1v) is 7.05. The van der Waals surface area contributed by atoms with E-state index in [1.165, 1.54) is 5.56 Å². The van der Waals surface area contributed by atoms with Gasteiger partial charge in [-0.15, -0.1) is 10.2 Å². The Hall–Kier alpha value is -0.780. The van der Waals surface area contributed by atoms with Gasteiger partial charge in [0, 0.05) is 23.0 Å². The Bertz CT molecular complexity index is 510. The molecule has 0 aliphatic rings. The van der Waals surface area contributed by atoms with Gasteiger partial charge in [0.05, 0.1) is 0 Å². The Morgan fingerprint density at radius 2 is 2.18 bits per heavy atom. The smallest absolute Gasteiger partial charge is 0.147 e. The van der Waals surface area contributed by atoms with Crippen LogP contribution in [0.4, 0.5) is 0 Å². The van der Waals surface area contributed by atoms with Crippen molar-refractivity contribution < 1.29 is 0 Å². The summed E-state index contributed by atoms with van der Waals surface area (Å²) in [5.41, 5.74) is 2.35. The van der Waals surface area contributed by atoms with Crippen molar-refractivity contribution in [3.8, 4) is 10.6 Å². The zero-order valence-electron chi connectivity index (χ0n) is 9.83. The molecule has 0 aliphatic heterocycles. The van der Waals surface area contributed by atoms with Crippen LogP contribution in [0.2, 0.25) is 0 Å². The third-order valence-corrected chi connectivity index (χ3v) is 4.38. The van der Waals surface area contributed by atoms with E-state index in [1.807, 2.05) is 7.05 Å². The van der Waals surface area contributed by atoms with Crippen LogP contribution in [0.5, 0.6) is 0 Å². The molecule has 2 aromatic rings. The first kappa shape index (κ1) is 12.7. The van der Waals surface area contributed by atoms with Crippen molar-refractivity contribution in [1.82, 2.24) is 15.5 Å². The molecule has 90 valence electrons. The van der Waals surface area contributed by atoms with Gasteiger partial charge in [0.15, 0.2) is 0 Å². The van der Waals surface area contributed by atoms with Gasteiger partial charge in [0.2, 0.25) is 0 Å². The Balaban J connectivity index is 2.21. The molecule has 17 heavy (non-hydrogen) atoms. The van der Waals surface area contributed by atoms with Crippen LogP contribution in [0, 0.1) is 6.92 Å². The van der Waals surface area contributed by atoms with Crippen LogP contribution in [0.1, 0.15) is 10.6 Å². The zero-order chi connectivity index (χ0) is 12.3. The molecular formula is C12H14BrN3S. The van der Waals surface area contributed by atoms with Crippen LogP contribution in [-0.4, -0.2) is 23.8 Å². The molecule has 3 nitrogen and oxygen atoms in total. The molecule has 1 aromatic heterocycles. The largest absolute Gasteiger partial charge is 0.319 e. The third kappa shape index (κ3) is 3.12. The van der Waals surface area contributed by atoms with Crippen molar-refractivity contribution in [3.63, 3.8) is 0 Å². The van der Waals surface area contributed by atoms with Gasteiger partial charge in [-0.25, -0.2) is 0 Å². The van der Waals surface area contributed by atoms with Crippen LogP contribution in [-0.2, 0) is 6.42 Å². The van der Waals surface area contributed by atoms with E-state index >= 15 is 0 Å². The summed E-state index contributed by atoms with van der Waals surface area (Å²) in [6.45, 7) is 3.02. The fourth-order valence-electron chi connectivity index (χ4n) is 1.48. The number of nitrogens with one attached hydrogen (secondary N) is 1. The van der Waals surface area contributed by atoms with E-state index in [4.69, 9.17) is 0 Å². The predicted molar refractivity (Wildman–Crippen MR) is 75.4 cm³/mol. The lowest BCUT2D eigenvalue weighted by molar-refractivity contribution is 0.779. The topological polar surface area (TPSA) is 37.8 Å². The minimum Gasteiger partial charge on any atom is -0.319 e. The Morgan fingerprint density at radius 3 is 2.88 bits per heavy atom. The summed E-state index contributed by atoms with van der Waals surface area (Å²) in [6.07, 6.45) is 0.934. The molecule has 0 radical (unpaired) electrons. The molecule has 0 spiro atoms. The number of likely N-dealkylation sites (N-methyl/N-ethyl adjacent to an activating group) is 1. The highest BCUT2D eigenvalue weighted by Gasteiger charge is 2.07. The van der Waals surface area contributed by atoms with Crippen molar-refractivity contribution in [2.24, 2.45) is 0 Å². The second-order valence-corrected chi connectivity index (χ2v) is 5.73. The van der Waals surface area contributed by atoms with E-state index in [1.54, 1.807) is 11.3 Å². The quantitative estimate of drug-likeness (QED) is 0.943. The van der Waals surface area contributed by atoms with E-state index in [2.05, 4.69) is 56.6 Å². The van der Waals surface area contributed by atoms with Crippen molar-refractivity contribution in [2.45, 2.75) is 13.3 Å². The normalized spacial score (nSPS) is 10.8. The summed E-state index contributed by atoms with van der Waals surface area (Å²) in [5.74, 6) is 0. The summed E-state index contributed by atoms with van der Waals surface area (Å²) in [6, 6.07) is 6.26. The van der Waals surface area contributed by atoms with Gasteiger partial charge in [0.1, 0.15) is 10.0 Å². The van der Waals surface area contributed by atoms with Crippen molar-refractivity contribution in [3.05, 3.63) is 33.2 Å². The average Bonchev–Trinajstić information content (AvgIpc) is 2.79. The molecular weight excluding hydrogens is 298 g/mol. The average molecular weight is 312 g/mol. The van der Waals surface area contributed by atoms with Gasteiger partial charge in [-0.2, -0.15) is 0 Å². The fourth-order valence-corrected chi connectivity index (χ4v) is 2.56. The molecule has 1 aromatic carbocycles. The highest BCUT2D eigenvalue weighted by Crippen LogP contribution is 2.27. The fraction of sp³-hybridized carbons (Fsp3) is 0.333. The molecule has 0 saturated carbocycles. The maximum absolute atomic E-state index is 4.24. The number of rotatable bonds is 4. The molecule has 1 N–H and O–H groups in total. The minimum atomic E-state index is 0.934. The maximum Gasteiger partial charge on any atom is 0.147 e. The van der Waals surface area contributed by atoms with Gasteiger partial charge < -0.3 is 5.32 Å². The summed E-state index contributed by atoms with van der Waals surface area (Å²) in [7, 11) is 1.94. The number of benzene rings is 1. The minimum absolute atomic E-state index is 0.934. The van der Waals surface area contributed by atoms with E-state index < -0.39 is 0 Å². The standard InChI is InChI=1S/C12H14BrN3S/c1-8-7-9(3-4-10(8)13)12-16-15-11(17-12)5-6-14-2/h3-4,7,14H,5-6H2,1-2H3. The summed E-state index contributed by atoms with van der Waals surface area (Å²) >= 11 is 5.16. The van der Waals surface area contributed by atoms with Crippen LogP contribution in [0.3, 0.4) is 0 Å². The van der Waals surface area contributed by atoms with Gasteiger partial charge in [-0.1, -0.05) is 33.3 Å². The first-order valence-electron chi connectivity index (χ1n) is 5.44. The molecule has 0 atom stereocenters. The molecule has 0 unspecified atom stereocenters. The molecule has 1 heterocycles. The van der Waals surface area contributed by atoms with Crippen molar-refractivity contribution in [2.75, 3.05) is 13.6 Å². The highest BCUT2D eigenvalue weighted by atomic mass is 79.9. The zero-order valence-corrected chi connectivity index (χ0v) is 12.2. The van der Waals surface area contributed by atoms with Crippen LogP contribution < -0.4 is 5.32 Å². The first-order chi connectivity index (χ1) is 8.20. The number of halogens is 1. The van der Waals surface area contributed by atoms with Gasteiger partial charge in [0.25, 0.3) is 0 Å². The highest BCUT2D eigenvalue weighted by molar-refractivity contribution is 9.10. The van der Waals surface area contributed by atoms with Gasteiger partial charge >= 0.3 is 0 Å². The molecule has 0 fully saturated rings. The van der Waals surface area contributed by atoms with Gasteiger partial charge in [-0.05, 0) is 31.7 Å². The SMILES string of the molecule is CNCCc1nnc(-c2ccc(Br)c(C)c2)s1. The molecule has 5 heteroatoms. The number of nitrogens with zero attached hydrogens (tertiary/aromatic N) is 2. The van der Waals surface area contributed by atoms with Crippen molar-refractivity contribution in [1.29, 1.82) is 0 Å². The summed E-state index contributed by atoms with van der Waals surface area (Å²) in [5, 5.41) is 13.6. The number of hydrogen-bond acceptors (Lipinski definition) is 4. The predicted octanol–water partition coefficient (Wildman–Crippen LogP) is 3.04. The lowest BCUT2D eigenvalue weighted by Crippen LogP contribution is -2.09. The molecule has 0 bridgehead atoms. The second kappa shape index (κ2) is 5.71. The Kier molecular flexibility index (Phi) is 4.25. The van der Waals surface area contributed by atoms with E-state index in [0.717, 1.165) is 33.0 Å². The lowest BCUT2D eigenvalue weighted by atomic mass is 10.1. The molecule has 0 saturated heterocycles. The maximum atomic E-state index is 4.24. The summed E-state index contributed by atoms with van der Waals surface area (Å²) < 4.78 is 1.13. The molecule has 2 rings (SSSR count). The van der Waals surface area contributed by atoms with Gasteiger partial charge in [-0.3, -0.25) is 0 Å². The van der Waals surface area contributed by atoms with E-state index in [0.29, 0.717) is 0 Å². The number of aryl methyl sites for hydroxylation is 1. The van der Waals surface area contributed by atoms with E-state index in [9.17, 15) is 0 Å². The second-order valence-electron chi connectivity index (χ2n) is 3.82. The van der Waals surface area contributed by atoms with Crippen LogP contribution in [0.25, 0.3) is 10.6 Å². The number of aromatic nitrogens is 2.